The van der Waals surface area contributed by atoms with Crippen LogP contribution in [0.5, 0.6) is 0 Å². The molecule has 0 bridgehead atoms. The van der Waals surface area contributed by atoms with E-state index >= 15 is 0 Å². The molecule has 0 amide bonds. The zero-order valence-electron chi connectivity index (χ0n) is 10.5. The molecule has 1 aromatic carbocycles. The Labute approximate surface area is 116 Å². The molecule has 0 aliphatic carbocycles. The first-order valence-corrected chi connectivity index (χ1v) is 9.60. The van der Waals surface area contributed by atoms with E-state index in [2.05, 4.69) is 31.2 Å². The molecule has 0 radical (unpaired) electrons. The molecular weight excluding hydrogens is 270 g/mol. The second kappa shape index (κ2) is 9.20. The smallest absolute Gasteiger partial charge is 0.0727 e. The van der Waals surface area contributed by atoms with Crippen molar-refractivity contribution in [3.63, 3.8) is 0 Å². The summed E-state index contributed by atoms with van der Waals surface area (Å²) >= 11 is 11.7. The number of aryl methyl sites for hydroxylation is 1. The van der Waals surface area contributed by atoms with E-state index in [1.807, 2.05) is 0 Å². The highest BCUT2D eigenvalue weighted by Gasteiger charge is 2.02. The first-order chi connectivity index (χ1) is 8.24. The Bertz CT molecular complexity index is 296. The van der Waals surface area contributed by atoms with Crippen molar-refractivity contribution in [3.05, 3.63) is 29.8 Å². The highest BCUT2D eigenvalue weighted by Crippen LogP contribution is 2.45. The molecular formula is C14H21Cl2P. The third-order valence-corrected chi connectivity index (χ3v) is 4.81. The fourth-order valence-electron chi connectivity index (χ4n) is 1.88. The largest absolute Gasteiger partial charge is 0.116 e. The maximum atomic E-state index is 5.86. The summed E-state index contributed by atoms with van der Waals surface area (Å²) in [5, 5.41) is 1.05. The molecule has 17 heavy (non-hydrogen) atoms. The zero-order valence-corrected chi connectivity index (χ0v) is 12.9. The van der Waals surface area contributed by atoms with Gasteiger partial charge in [-0.3, -0.25) is 0 Å². The Morgan fingerprint density at radius 1 is 0.882 bits per heavy atom. The van der Waals surface area contributed by atoms with E-state index < -0.39 is 6.63 Å². The van der Waals surface area contributed by atoms with Crippen molar-refractivity contribution in [2.75, 3.05) is 0 Å². The van der Waals surface area contributed by atoms with Gasteiger partial charge in [-0.25, -0.2) is 0 Å². The Balaban J connectivity index is 2.19. The SMILES string of the molecule is CCCCCCCCc1ccc(P(Cl)Cl)cc1. The summed E-state index contributed by atoms with van der Waals surface area (Å²) in [6.07, 6.45) is 9.28. The third-order valence-electron chi connectivity index (χ3n) is 2.95. The monoisotopic (exact) mass is 290 g/mol. The van der Waals surface area contributed by atoms with E-state index in [0.717, 1.165) is 5.30 Å². The summed E-state index contributed by atoms with van der Waals surface area (Å²) in [6, 6.07) is 8.42. The number of benzene rings is 1. The Morgan fingerprint density at radius 2 is 1.47 bits per heavy atom. The Morgan fingerprint density at radius 3 is 2.06 bits per heavy atom. The molecule has 0 fully saturated rings. The molecule has 0 N–H and O–H groups in total. The van der Waals surface area contributed by atoms with Crippen LogP contribution in [0.15, 0.2) is 24.3 Å². The van der Waals surface area contributed by atoms with Crippen molar-refractivity contribution in [2.45, 2.75) is 51.9 Å². The molecule has 0 spiro atoms. The van der Waals surface area contributed by atoms with Crippen LogP contribution in [0.1, 0.15) is 51.0 Å². The zero-order chi connectivity index (χ0) is 12.5. The van der Waals surface area contributed by atoms with Gasteiger partial charge in [0.05, 0.1) is 0 Å². The average Bonchev–Trinajstić information content (AvgIpc) is 2.34. The summed E-state index contributed by atoms with van der Waals surface area (Å²) in [6.45, 7) is 1.27. The molecule has 0 aromatic heterocycles. The van der Waals surface area contributed by atoms with Gasteiger partial charge in [0.15, 0.2) is 0 Å². The van der Waals surface area contributed by atoms with Gasteiger partial charge < -0.3 is 0 Å². The summed E-state index contributed by atoms with van der Waals surface area (Å²) < 4.78 is 0. The van der Waals surface area contributed by atoms with E-state index in [4.69, 9.17) is 22.5 Å². The van der Waals surface area contributed by atoms with E-state index in [9.17, 15) is 0 Å². The van der Waals surface area contributed by atoms with Crippen LogP contribution in [0.3, 0.4) is 0 Å². The summed E-state index contributed by atoms with van der Waals surface area (Å²) in [5.74, 6) is 0. The second-order valence-corrected chi connectivity index (χ2v) is 7.95. The van der Waals surface area contributed by atoms with Crippen molar-refractivity contribution >= 4 is 34.4 Å². The summed E-state index contributed by atoms with van der Waals surface area (Å²) in [5.41, 5.74) is 1.40. The molecule has 0 atom stereocenters. The van der Waals surface area contributed by atoms with Gasteiger partial charge in [-0.1, -0.05) is 85.8 Å². The quantitative estimate of drug-likeness (QED) is 0.407. The van der Waals surface area contributed by atoms with Crippen molar-refractivity contribution in [1.82, 2.24) is 0 Å². The molecule has 3 heteroatoms. The van der Waals surface area contributed by atoms with Crippen LogP contribution in [-0.2, 0) is 6.42 Å². The van der Waals surface area contributed by atoms with Gasteiger partial charge in [0.25, 0.3) is 0 Å². The summed E-state index contributed by atoms with van der Waals surface area (Å²) in [4.78, 5) is 0. The molecule has 0 heterocycles. The van der Waals surface area contributed by atoms with Crippen LogP contribution in [0.4, 0.5) is 0 Å². The molecule has 1 rings (SSSR count). The predicted molar refractivity (Wildman–Crippen MR) is 81.8 cm³/mol. The van der Waals surface area contributed by atoms with Gasteiger partial charge in [-0.15, -0.1) is 0 Å². The Hall–Kier alpha value is 0.230. The molecule has 1 aromatic rings. The summed E-state index contributed by atoms with van der Waals surface area (Å²) in [7, 11) is 0. The average molecular weight is 291 g/mol. The number of unbranched alkanes of at least 4 members (excludes halogenated alkanes) is 5. The van der Waals surface area contributed by atoms with E-state index in [-0.39, 0.29) is 0 Å². The first kappa shape index (κ1) is 15.3. The minimum Gasteiger partial charge on any atom is -0.0727 e. The van der Waals surface area contributed by atoms with Crippen LogP contribution in [0.2, 0.25) is 0 Å². The van der Waals surface area contributed by atoms with Crippen LogP contribution in [-0.4, -0.2) is 0 Å². The molecule has 0 nitrogen and oxygen atoms in total. The Kier molecular flexibility index (Phi) is 8.27. The van der Waals surface area contributed by atoms with E-state index in [1.165, 1.54) is 50.5 Å². The predicted octanol–water partition coefficient (Wildman–Crippen LogP) is 6.00. The number of halogens is 2. The van der Waals surface area contributed by atoms with E-state index in [1.54, 1.807) is 0 Å². The van der Waals surface area contributed by atoms with Crippen LogP contribution >= 0.6 is 29.1 Å². The lowest BCUT2D eigenvalue weighted by Gasteiger charge is -2.04. The lowest BCUT2D eigenvalue weighted by Crippen LogP contribution is -1.95. The lowest BCUT2D eigenvalue weighted by atomic mass is 10.1. The molecule has 96 valence electrons. The maximum Gasteiger partial charge on any atom is 0.116 e. The number of rotatable bonds is 8. The van der Waals surface area contributed by atoms with Gasteiger partial charge in [-0.2, -0.15) is 0 Å². The molecule has 0 aliphatic rings. The normalized spacial score (nSPS) is 11.1. The van der Waals surface area contributed by atoms with Crippen molar-refractivity contribution in [1.29, 1.82) is 0 Å². The molecule has 0 saturated heterocycles. The fourth-order valence-corrected chi connectivity index (χ4v) is 2.94. The van der Waals surface area contributed by atoms with Gasteiger partial charge in [0.2, 0.25) is 0 Å². The van der Waals surface area contributed by atoms with Gasteiger partial charge in [-0.05, 0) is 18.4 Å². The lowest BCUT2D eigenvalue weighted by molar-refractivity contribution is 0.607. The van der Waals surface area contributed by atoms with Gasteiger partial charge >= 0.3 is 0 Å². The number of hydrogen-bond donors (Lipinski definition) is 0. The third kappa shape index (κ3) is 6.65. The van der Waals surface area contributed by atoms with Crippen LogP contribution in [0, 0.1) is 0 Å². The minimum absolute atomic E-state index is 0.986. The van der Waals surface area contributed by atoms with Crippen molar-refractivity contribution in [2.24, 2.45) is 0 Å². The van der Waals surface area contributed by atoms with Gasteiger partial charge in [0.1, 0.15) is 6.63 Å². The highest BCUT2D eigenvalue weighted by molar-refractivity contribution is 8.08. The molecule has 0 aliphatic heterocycles. The minimum atomic E-state index is -0.986. The first-order valence-electron chi connectivity index (χ1n) is 6.44. The van der Waals surface area contributed by atoms with Gasteiger partial charge in [0, 0.05) is 5.30 Å². The van der Waals surface area contributed by atoms with Crippen LogP contribution < -0.4 is 5.30 Å². The van der Waals surface area contributed by atoms with Crippen LogP contribution in [0.25, 0.3) is 0 Å². The van der Waals surface area contributed by atoms with Crippen molar-refractivity contribution < 1.29 is 0 Å². The molecule has 0 saturated carbocycles. The second-order valence-electron chi connectivity index (χ2n) is 4.42. The highest BCUT2D eigenvalue weighted by atomic mass is 35.9. The topological polar surface area (TPSA) is 0 Å². The number of hydrogen-bond acceptors (Lipinski definition) is 0. The molecule has 0 unspecified atom stereocenters. The standard InChI is InChI=1S/C14H21Cl2P/c1-2-3-4-5-6-7-8-13-9-11-14(12-10-13)17(15)16/h9-12H,2-8H2,1H3. The van der Waals surface area contributed by atoms with Crippen molar-refractivity contribution in [3.8, 4) is 0 Å². The van der Waals surface area contributed by atoms with E-state index in [0.29, 0.717) is 0 Å². The fraction of sp³-hybridized carbons (Fsp3) is 0.571. The maximum absolute atomic E-state index is 5.86.